The van der Waals surface area contributed by atoms with Crippen molar-refractivity contribution in [3.05, 3.63) is 41.0 Å². The van der Waals surface area contributed by atoms with Crippen molar-refractivity contribution < 1.29 is 0 Å². The zero-order valence-electron chi connectivity index (χ0n) is 10.2. The van der Waals surface area contributed by atoms with Gasteiger partial charge in [0.2, 0.25) is 5.16 Å². The van der Waals surface area contributed by atoms with Gasteiger partial charge in [-0.1, -0.05) is 46.7 Å². The Hall–Kier alpha value is -1.40. The number of rotatable bonds is 3. The molecule has 0 spiro atoms. The van der Waals surface area contributed by atoms with Crippen molar-refractivity contribution in [1.29, 1.82) is 0 Å². The average molecular weight is 335 g/mol. The Morgan fingerprint density at radius 1 is 1.21 bits per heavy atom. The third-order valence-electron chi connectivity index (χ3n) is 2.63. The molecular formula is C13H11BrN4S. The second-order valence-corrected chi connectivity index (χ2v) is 6.02. The largest absolute Gasteiger partial charge is 0.253 e. The van der Waals surface area contributed by atoms with Crippen LogP contribution in [-0.2, 0) is 0 Å². The highest BCUT2D eigenvalue weighted by Gasteiger charge is 2.09. The highest BCUT2D eigenvalue weighted by atomic mass is 79.9. The molecule has 0 saturated carbocycles. The average Bonchev–Trinajstić information content (AvgIpc) is 2.82. The van der Waals surface area contributed by atoms with Gasteiger partial charge in [-0.2, -0.15) is 9.50 Å². The maximum absolute atomic E-state index is 4.50. The van der Waals surface area contributed by atoms with Crippen LogP contribution in [0.1, 0.15) is 6.92 Å². The first-order valence-corrected chi connectivity index (χ1v) is 7.66. The van der Waals surface area contributed by atoms with E-state index in [-0.39, 0.29) is 0 Å². The monoisotopic (exact) mass is 334 g/mol. The molecule has 96 valence electrons. The van der Waals surface area contributed by atoms with Gasteiger partial charge in [0.05, 0.1) is 5.69 Å². The summed E-state index contributed by atoms with van der Waals surface area (Å²) in [4.78, 5) is 8.66. The number of thioether (sulfide) groups is 1. The standard InChI is InChI=1S/C13H11BrN4S/c1-2-19-13-16-12-15-8-7-11(18(12)17-13)9-3-5-10(14)6-4-9/h3-8H,2H2,1H3. The first kappa shape index (κ1) is 12.6. The van der Waals surface area contributed by atoms with Crippen LogP contribution < -0.4 is 0 Å². The number of hydrogen-bond donors (Lipinski definition) is 0. The molecule has 0 atom stereocenters. The summed E-state index contributed by atoms with van der Waals surface area (Å²) in [6, 6.07) is 10.1. The number of nitrogens with zero attached hydrogens (tertiary/aromatic N) is 4. The Labute approximate surface area is 123 Å². The van der Waals surface area contributed by atoms with E-state index in [1.54, 1.807) is 22.5 Å². The fourth-order valence-corrected chi connectivity index (χ4v) is 2.61. The first-order chi connectivity index (χ1) is 9.28. The van der Waals surface area contributed by atoms with Crippen LogP contribution in [0, 0.1) is 0 Å². The number of fused-ring (bicyclic) bond motifs is 1. The maximum Gasteiger partial charge on any atom is 0.253 e. The predicted molar refractivity (Wildman–Crippen MR) is 80.3 cm³/mol. The number of halogens is 1. The summed E-state index contributed by atoms with van der Waals surface area (Å²) in [6.45, 7) is 2.08. The highest BCUT2D eigenvalue weighted by Crippen LogP contribution is 2.22. The number of hydrogen-bond acceptors (Lipinski definition) is 4. The summed E-state index contributed by atoms with van der Waals surface area (Å²) in [7, 11) is 0. The summed E-state index contributed by atoms with van der Waals surface area (Å²) >= 11 is 5.06. The topological polar surface area (TPSA) is 43.1 Å². The van der Waals surface area contributed by atoms with Crippen LogP contribution >= 0.6 is 27.7 Å². The minimum atomic E-state index is 0.636. The Bertz CT molecular complexity index is 708. The van der Waals surface area contributed by atoms with Crippen molar-refractivity contribution in [1.82, 2.24) is 19.6 Å². The lowest BCUT2D eigenvalue weighted by atomic mass is 10.1. The SMILES string of the molecule is CCSc1nc2nccc(-c3ccc(Br)cc3)n2n1. The molecule has 0 fully saturated rings. The molecule has 1 aromatic carbocycles. The number of benzene rings is 1. The lowest BCUT2D eigenvalue weighted by Crippen LogP contribution is -1.95. The predicted octanol–water partition coefficient (Wildman–Crippen LogP) is 3.67. The molecule has 2 aromatic heterocycles. The quantitative estimate of drug-likeness (QED) is 0.685. The molecule has 0 saturated heterocycles. The Balaban J connectivity index is 2.15. The molecule has 2 heterocycles. The van der Waals surface area contributed by atoms with Gasteiger partial charge in [0.1, 0.15) is 0 Å². The molecule has 4 nitrogen and oxygen atoms in total. The summed E-state index contributed by atoms with van der Waals surface area (Å²) in [5.74, 6) is 1.58. The molecule has 0 amide bonds. The smallest absolute Gasteiger partial charge is 0.220 e. The molecule has 6 heteroatoms. The van der Waals surface area contributed by atoms with Gasteiger partial charge in [-0.05, 0) is 24.0 Å². The molecule has 0 aliphatic carbocycles. The molecular weight excluding hydrogens is 324 g/mol. The van der Waals surface area contributed by atoms with Crippen LogP contribution in [0.3, 0.4) is 0 Å². The molecule has 0 radical (unpaired) electrons. The lowest BCUT2D eigenvalue weighted by molar-refractivity contribution is 0.886. The lowest BCUT2D eigenvalue weighted by Gasteiger charge is -2.03. The van der Waals surface area contributed by atoms with Gasteiger partial charge in [0.25, 0.3) is 5.78 Å². The van der Waals surface area contributed by atoms with E-state index in [2.05, 4.69) is 37.9 Å². The minimum Gasteiger partial charge on any atom is -0.220 e. The van der Waals surface area contributed by atoms with E-state index in [0.29, 0.717) is 5.78 Å². The molecule has 0 aliphatic heterocycles. The third kappa shape index (κ3) is 2.50. The van der Waals surface area contributed by atoms with Gasteiger partial charge in [-0.3, -0.25) is 0 Å². The van der Waals surface area contributed by atoms with Crippen LogP contribution in [0.15, 0.2) is 46.2 Å². The van der Waals surface area contributed by atoms with E-state index in [9.17, 15) is 0 Å². The van der Waals surface area contributed by atoms with Crippen LogP contribution in [0.5, 0.6) is 0 Å². The van der Waals surface area contributed by atoms with E-state index in [0.717, 1.165) is 26.6 Å². The Kier molecular flexibility index (Phi) is 3.52. The molecule has 19 heavy (non-hydrogen) atoms. The summed E-state index contributed by atoms with van der Waals surface area (Å²) in [5, 5.41) is 5.26. The fourth-order valence-electron chi connectivity index (χ4n) is 1.81. The summed E-state index contributed by atoms with van der Waals surface area (Å²) in [5.41, 5.74) is 2.08. The zero-order valence-corrected chi connectivity index (χ0v) is 12.6. The van der Waals surface area contributed by atoms with E-state index in [1.165, 1.54) is 0 Å². The molecule has 3 rings (SSSR count). The number of aromatic nitrogens is 4. The van der Waals surface area contributed by atoms with Gasteiger partial charge >= 0.3 is 0 Å². The van der Waals surface area contributed by atoms with Crippen molar-refractivity contribution in [2.75, 3.05) is 5.75 Å². The normalized spacial score (nSPS) is 11.1. The molecule has 0 bridgehead atoms. The van der Waals surface area contributed by atoms with Crippen molar-refractivity contribution in [3.8, 4) is 11.3 Å². The van der Waals surface area contributed by atoms with Gasteiger partial charge in [-0.25, -0.2) is 4.98 Å². The molecule has 0 unspecified atom stereocenters. The highest BCUT2D eigenvalue weighted by molar-refractivity contribution is 9.10. The Morgan fingerprint density at radius 2 is 2.00 bits per heavy atom. The maximum atomic E-state index is 4.50. The van der Waals surface area contributed by atoms with Crippen LogP contribution in [-0.4, -0.2) is 25.3 Å². The van der Waals surface area contributed by atoms with Crippen LogP contribution in [0.2, 0.25) is 0 Å². The van der Waals surface area contributed by atoms with Crippen LogP contribution in [0.4, 0.5) is 0 Å². The second-order valence-electron chi connectivity index (χ2n) is 3.88. The van der Waals surface area contributed by atoms with E-state index in [4.69, 9.17) is 0 Å². The van der Waals surface area contributed by atoms with Crippen molar-refractivity contribution >= 4 is 33.5 Å². The Morgan fingerprint density at radius 3 is 2.74 bits per heavy atom. The van der Waals surface area contributed by atoms with Gasteiger partial charge in [0, 0.05) is 16.2 Å². The zero-order chi connectivity index (χ0) is 13.2. The van der Waals surface area contributed by atoms with Crippen molar-refractivity contribution in [2.24, 2.45) is 0 Å². The van der Waals surface area contributed by atoms with Gasteiger partial charge in [-0.15, -0.1) is 5.10 Å². The van der Waals surface area contributed by atoms with Crippen molar-refractivity contribution in [2.45, 2.75) is 12.1 Å². The molecule has 0 N–H and O–H groups in total. The van der Waals surface area contributed by atoms with Crippen LogP contribution in [0.25, 0.3) is 17.0 Å². The van der Waals surface area contributed by atoms with Gasteiger partial charge in [0.15, 0.2) is 0 Å². The minimum absolute atomic E-state index is 0.636. The van der Waals surface area contributed by atoms with Crippen molar-refractivity contribution in [3.63, 3.8) is 0 Å². The third-order valence-corrected chi connectivity index (χ3v) is 3.88. The summed E-state index contributed by atoms with van der Waals surface area (Å²) in [6.07, 6.45) is 1.77. The molecule has 3 aromatic rings. The fraction of sp³-hybridized carbons (Fsp3) is 0.154. The van der Waals surface area contributed by atoms with Gasteiger partial charge < -0.3 is 0 Å². The van der Waals surface area contributed by atoms with E-state index >= 15 is 0 Å². The van der Waals surface area contributed by atoms with E-state index < -0.39 is 0 Å². The second kappa shape index (κ2) is 5.30. The summed E-state index contributed by atoms with van der Waals surface area (Å²) < 4.78 is 2.85. The first-order valence-electron chi connectivity index (χ1n) is 5.88. The van der Waals surface area contributed by atoms with E-state index in [1.807, 2.05) is 30.3 Å². The molecule has 0 aliphatic rings.